The van der Waals surface area contributed by atoms with Gasteiger partial charge in [-0.25, -0.2) is 0 Å². The van der Waals surface area contributed by atoms with Gasteiger partial charge in [0.15, 0.2) is 5.96 Å². The van der Waals surface area contributed by atoms with Crippen LogP contribution in [0, 0.1) is 0 Å². The lowest BCUT2D eigenvalue weighted by molar-refractivity contribution is 0.287. The molecule has 2 rings (SSSR count). The van der Waals surface area contributed by atoms with Crippen molar-refractivity contribution >= 4 is 29.9 Å². The zero-order valence-electron chi connectivity index (χ0n) is 15.9. The second kappa shape index (κ2) is 11.6. The van der Waals surface area contributed by atoms with E-state index in [4.69, 9.17) is 4.74 Å². The zero-order valence-corrected chi connectivity index (χ0v) is 18.2. The molecule has 0 amide bonds. The smallest absolute Gasteiger partial charge is 0.191 e. The van der Waals surface area contributed by atoms with Gasteiger partial charge in [0.2, 0.25) is 0 Å². The van der Waals surface area contributed by atoms with E-state index in [1.165, 1.54) is 37.7 Å². The molecule has 1 fully saturated rings. The van der Waals surface area contributed by atoms with Gasteiger partial charge in [-0.05, 0) is 33.0 Å². The molecule has 0 saturated heterocycles. The van der Waals surface area contributed by atoms with E-state index >= 15 is 0 Å². The summed E-state index contributed by atoms with van der Waals surface area (Å²) in [5.41, 5.74) is 1.19. The molecular formula is C19H33IN4O. The largest absolute Gasteiger partial charge is 0.496 e. The number of halogens is 1. The van der Waals surface area contributed by atoms with Crippen molar-refractivity contribution in [3.05, 3.63) is 29.8 Å². The summed E-state index contributed by atoms with van der Waals surface area (Å²) >= 11 is 0. The number of aliphatic imine (C=N–C) groups is 1. The highest BCUT2D eigenvalue weighted by molar-refractivity contribution is 14.0. The minimum atomic E-state index is 0. The van der Waals surface area contributed by atoms with Gasteiger partial charge in [0.05, 0.1) is 13.2 Å². The molecule has 1 unspecified atom stereocenters. The Morgan fingerprint density at radius 1 is 1.24 bits per heavy atom. The summed E-state index contributed by atoms with van der Waals surface area (Å²) in [6.45, 7) is 0.778. The van der Waals surface area contributed by atoms with Crippen LogP contribution in [-0.4, -0.2) is 51.7 Å². The monoisotopic (exact) mass is 460 g/mol. The van der Waals surface area contributed by atoms with E-state index in [-0.39, 0.29) is 30.0 Å². The first-order valence-electron chi connectivity index (χ1n) is 8.92. The van der Waals surface area contributed by atoms with Crippen molar-refractivity contribution in [1.29, 1.82) is 0 Å². The summed E-state index contributed by atoms with van der Waals surface area (Å²) in [5, 5.41) is 7.06. The number of nitrogens with zero attached hydrogens (tertiary/aromatic N) is 2. The predicted molar refractivity (Wildman–Crippen MR) is 116 cm³/mol. The molecule has 0 heterocycles. The highest BCUT2D eigenvalue weighted by Gasteiger charge is 2.19. The number of likely N-dealkylation sites (N-methyl/N-ethyl adjacent to an activating group) is 1. The summed E-state index contributed by atoms with van der Waals surface area (Å²) in [5.74, 6) is 1.82. The number of rotatable bonds is 6. The third-order valence-electron chi connectivity index (χ3n) is 4.75. The van der Waals surface area contributed by atoms with Crippen LogP contribution in [-0.2, 0) is 0 Å². The van der Waals surface area contributed by atoms with E-state index in [2.05, 4.69) is 46.8 Å². The van der Waals surface area contributed by atoms with Gasteiger partial charge in [-0.3, -0.25) is 4.99 Å². The molecule has 1 aromatic carbocycles. The maximum absolute atomic E-state index is 5.53. The van der Waals surface area contributed by atoms with Crippen molar-refractivity contribution in [2.24, 2.45) is 4.99 Å². The molecule has 1 aliphatic carbocycles. The molecule has 0 radical (unpaired) electrons. The molecule has 1 aromatic rings. The summed E-state index contributed by atoms with van der Waals surface area (Å²) in [6, 6.07) is 8.97. The minimum absolute atomic E-state index is 0. The topological polar surface area (TPSA) is 48.9 Å². The van der Waals surface area contributed by atoms with Gasteiger partial charge >= 0.3 is 0 Å². The van der Waals surface area contributed by atoms with Crippen LogP contribution in [0.1, 0.15) is 43.7 Å². The molecule has 6 heteroatoms. The van der Waals surface area contributed by atoms with Crippen LogP contribution in [0.4, 0.5) is 0 Å². The van der Waals surface area contributed by atoms with Crippen molar-refractivity contribution in [3.8, 4) is 5.75 Å². The Labute approximate surface area is 169 Å². The summed E-state index contributed by atoms with van der Waals surface area (Å²) < 4.78 is 5.53. The third-order valence-corrected chi connectivity index (χ3v) is 4.75. The number of guanidine groups is 1. The SMILES string of the molecule is CN=C(NCC(c1ccccc1OC)N(C)C)NC1CCCCC1.I. The Hall–Kier alpha value is -1.02. The molecule has 142 valence electrons. The van der Waals surface area contributed by atoms with Crippen molar-refractivity contribution in [3.63, 3.8) is 0 Å². The fraction of sp³-hybridized carbons (Fsp3) is 0.632. The average molecular weight is 460 g/mol. The van der Waals surface area contributed by atoms with Crippen molar-refractivity contribution in [2.45, 2.75) is 44.2 Å². The fourth-order valence-electron chi connectivity index (χ4n) is 3.34. The van der Waals surface area contributed by atoms with Crippen LogP contribution in [0.15, 0.2) is 29.3 Å². The van der Waals surface area contributed by atoms with Gasteiger partial charge in [-0.2, -0.15) is 0 Å². The van der Waals surface area contributed by atoms with E-state index in [0.29, 0.717) is 6.04 Å². The van der Waals surface area contributed by atoms with Crippen LogP contribution in [0.25, 0.3) is 0 Å². The van der Waals surface area contributed by atoms with Gasteiger partial charge in [0.25, 0.3) is 0 Å². The molecule has 25 heavy (non-hydrogen) atoms. The van der Waals surface area contributed by atoms with Crippen molar-refractivity contribution < 1.29 is 4.74 Å². The molecule has 1 aliphatic rings. The van der Waals surface area contributed by atoms with Crippen molar-refractivity contribution in [1.82, 2.24) is 15.5 Å². The number of hydrogen-bond acceptors (Lipinski definition) is 3. The van der Waals surface area contributed by atoms with Gasteiger partial charge < -0.3 is 20.3 Å². The minimum Gasteiger partial charge on any atom is -0.496 e. The van der Waals surface area contributed by atoms with E-state index < -0.39 is 0 Å². The first-order chi connectivity index (χ1) is 11.7. The lowest BCUT2D eigenvalue weighted by atomic mass is 9.96. The molecule has 1 atom stereocenters. The quantitative estimate of drug-likeness (QED) is 0.388. The van der Waals surface area contributed by atoms with Crippen LogP contribution < -0.4 is 15.4 Å². The Morgan fingerprint density at radius 3 is 2.52 bits per heavy atom. The van der Waals surface area contributed by atoms with Gasteiger partial charge in [0, 0.05) is 25.2 Å². The molecule has 1 saturated carbocycles. The van der Waals surface area contributed by atoms with Crippen LogP contribution >= 0.6 is 24.0 Å². The van der Waals surface area contributed by atoms with Crippen LogP contribution in [0.2, 0.25) is 0 Å². The van der Waals surface area contributed by atoms with Crippen LogP contribution in [0.3, 0.4) is 0 Å². The molecule has 0 aromatic heterocycles. The third kappa shape index (κ3) is 6.66. The van der Waals surface area contributed by atoms with Gasteiger partial charge in [0.1, 0.15) is 5.75 Å². The first kappa shape index (κ1) is 22.0. The highest BCUT2D eigenvalue weighted by atomic mass is 127. The number of nitrogens with one attached hydrogen (secondary N) is 2. The van der Waals surface area contributed by atoms with Crippen LogP contribution in [0.5, 0.6) is 5.75 Å². The lowest BCUT2D eigenvalue weighted by Crippen LogP contribution is -2.46. The van der Waals surface area contributed by atoms with Gasteiger partial charge in [-0.15, -0.1) is 24.0 Å². The summed E-state index contributed by atoms with van der Waals surface area (Å²) in [7, 11) is 7.75. The second-order valence-corrected chi connectivity index (χ2v) is 6.65. The van der Waals surface area contributed by atoms with E-state index in [1.54, 1.807) is 7.11 Å². The predicted octanol–water partition coefficient (Wildman–Crippen LogP) is 3.41. The lowest BCUT2D eigenvalue weighted by Gasteiger charge is -2.29. The number of methoxy groups -OCH3 is 1. The average Bonchev–Trinajstić information content (AvgIpc) is 2.61. The molecule has 5 nitrogen and oxygen atoms in total. The zero-order chi connectivity index (χ0) is 17.4. The number of ether oxygens (including phenoxy) is 1. The maximum Gasteiger partial charge on any atom is 0.191 e. The maximum atomic E-state index is 5.53. The summed E-state index contributed by atoms with van der Waals surface area (Å²) in [4.78, 5) is 6.60. The Kier molecular flexibility index (Phi) is 10.2. The first-order valence-corrected chi connectivity index (χ1v) is 8.92. The summed E-state index contributed by atoms with van der Waals surface area (Å²) in [6.07, 6.45) is 6.47. The van der Waals surface area contributed by atoms with E-state index in [9.17, 15) is 0 Å². The Balaban J connectivity index is 0.00000312. The molecule has 0 bridgehead atoms. The van der Waals surface area contributed by atoms with Crippen molar-refractivity contribution in [2.75, 3.05) is 34.8 Å². The fourth-order valence-corrected chi connectivity index (χ4v) is 3.34. The standard InChI is InChI=1S/C19H32N4O.HI/c1-20-19(22-15-10-6-5-7-11-15)21-14-17(23(2)3)16-12-8-9-13-18(16)24-4;/h8-9,12-13,15,17H,5-7,10-11,14H2,1-4H3,(H2,20,21,22);1H. The Morgan fingerprint density at radius 2 is 1.92 bits per heavy atom. The number of hydrogen-bond donors (Lipinski definition) is 2. The number of para-hydroxylation sites is 1. The van der Waals surface area contributed by atoms with E-state index in [0.717, 1.165) is 18.3 Å². The van der Waals surface area contributed by atoms with Gasteiger partial charge in [-0.1, -0.05) is 37.5 Å². The molecule has 0 spiro atoms. The van der Waals surface area contributed by atoms with E-state index in [1.807, 2.05) is 19.2 Å². The molecule has 0 aliphatic heterocycles. The molecular weight excluding hydrogens is 427 g/mol. The normalized spacial score (nSPS) is 16.9. The molecule has 2 N–H and O–H groups in total. The number of benzene rings is 1. The second-order valence-electron chi connectivity index (χ2n) is 6.65. The Bertz CT molecular complexity index is 530. The highest BCUT2D eigenvalue weighted by Crippen LogP contribution is 2.27.